The fourth-order valence-electron chi connectivity index (χ4n) is 2.46. The summed E-state index contributed by atoms with van der Waals surface area (Å²) >= 11 is 1.70. The Balaban J connectivity index is 1.69. The van der Waals surface area contributed by atoms with E-state index in [2.05, 4.69) is 38.5 Å². The van der Waals surface area contributed by atoms with Crippen LogP contribution in [0.5, 0.6) is 5.75 Å². The van der Waals surface area contributed by atoms with Gasteiger partial charge in [0, 0.05) is 30.3 Å². The van der Waals surface area contributed by atoms with Crippen LogP contribution < -0.4 is 4.74 Å². The number of thioether (sulfide) groups is 1. The second-order valence-electron chi connectivity index (χ2n) is 5.39. The van der Waals surface area contributed by atoms with E-state index in [0.29, 0.717) is 6.54 Å². The lowest BCUT2D eigenvalue weighted by molar-refractivity contribution is 0.414. The van der Waals surface area contributed by atoms with E-state index in [4.69, 9.17) is 4.74 Å². The highest BCUT2D eigenvalue weighted by Gasteiger charge is 2.13. The van der Waals surface area contributed by atoms with Gasteiger partial charge in [0.2, 0.25) is 0 Å². The molecule has 0 spiro atoms. The molecule has 0 atom stereocenters. The Bertz CT molecular complexity index is 815. The lowest BCUT2D eigenvalue weighted by Crippen LogP contribution is -2.01. The Kier molecular flexibility index (Phi) is 5.85. The maximum atomic E-state index is 5.19. The van der Waals surface area contributed by atoms with E-state index in [1.54, 1.807) is 31.3 Å². The summed E-state index contributed by atoms with van der Waals surface area (Å²) < 4.78 is 7.27. The van der Waals surface area contributed by atoms with Crippen LogP contribution >= 0.6 is 11.8 Å². The average Bonchev–Trinajstić information content (AvgIpc) is 3.06. The SMILES string of the molecule is C=CCn1c(SCCc2ccc(OC)cc2)nnc1-c1ccncc1. The number of benzene rings is 1. The number of aromatic nitrogens is 4. The zero-order valence-corrected chi connectivity index (χ0v) is 14.9. The van der Waals surface area contributed by atoms with Gasteiger partial charge in [-0.05, 0) is 36.2 Å². The fourth-order valence-corrected chi connectivity index (χ4v) is 3.39. The molecule has 0 amide bonds. The zero-order chi connectivity index (χ0) is 17.5. The predicted octanol–water partition coefficient (Wildman–Crippen LogP) is 3.87. The summed E-state index contributed by atoms with van der Waals surface area (Å²) in [6.07, 6.45) is 6.35. The van der Waals surface area contributed by atoms with E-state index in [0.717, 1.165) is 34.5 Å². The van der Waals surface area contributed by atoms with Gasteiger partial charge < -0.3 is 4.74 Å². The van der Waals surface area contributed by atoms with Crippen LogP contribution in [-0.4, -0.2) is 32.6 Å². The van der Waals surface area contributed by atoms with E-state index in [9.17, 15) is 0 Å². The number of hydrogen-bond acceptors (Lipinski definition) is 5. The normalized spacial score (nSPS) is 10.6. The van der Waals surface area contributed by atoms with Gasteiger partial charge in [0.1, 0.15) is 5.75 Å². The first-order valence-electron chi connectivity index (χ1n) is 8.02. The smallest absolute Gasteiger partial charge is 0.191 e. The number of allylic oxidation sites excluding steroid dienone is 1. The second kappa shape index (κ2) is 8.48. The van der Waals surface area contributed by atoms with Crippen LogP contribution in [-0.2, 0) is 13.0 Å². The predicted molar refractivity (Wildman–Crippen MR) is 101 cm³/mol. The standard InChI is InChI=1S/C19H20N4OS/c1-3-13-23-18(16-8-11-20-12-9-16)21-22-19(23)25-14-10-15-4-6-17(24-2)7-5-15/h3-9,11-12H,1,10,13-14H2,2H3. The number of pyridine rings is 1. The number of methoxy groups -OCH3 is 1. The van der Waals surface area contributed by atoms with Gasteiger partial charge >= 0.3 is 0 Å². The van der Waals surface area contributed by atoms with Crippen molar-refractivity contribution in [2.75, 3.05) is 12.9 Å². The lowest BCUT2D eigenvalue weighted by Gasteiger charge is -2.08. The molecule has 0 N–H and O–H groups in total. The zero-order valence-electron chi connectivity index (χ0n) is 14.1. The van der Waals surface area contributed by atoms with Gasteiger partial charge in [-0.3, -0.25) is 9.55 Å². The molecule has 128 valence electrons. The van der Waals surface area contributed by atoms with Crippen molar-refractivity contribution >= 4 is 11.8 Å². The van der Waals surface area contributed by atoms with Gasteiger partial charge in [0.25, 0.3) is 0 Å². The van der Waals surface area contributed by atoms with Gasteiger partial charge in [-0.15, -0.1) is 16.8 Å². The van der Waals surface area contributed by atoms with E-state index >= 15 is 0 Å². The molecule has 0 saturated carbocycles. The molecule has 0 bridgehead atoms. The third-order valence-corrected chi connectivity index (χ3v) is 4.72. The molecule has 0 fully saturated rings. The van der Waals surface area contributed by atoms with E-state index < -0.39 is 0 Å². The quantitative estimate of drug-likeness (QED) is 0.455. The summed E-state index contributed by atoms with van der Waals surface area (Å²) in [6, 6.07) is 12.0. The van der Waals surface area contributed by atoms with Crippen molar-refractivity contribution < 1.29 is 4.74 Å². The molecule has 1 aromatic carbocycles. The topological polar surface area (TPSA) is 52.8 Å². The minimum Gasteiger partial charge on any atom is -0.497 e. The van der Waals surface area contributed by atoms with Crippen molar-refractivity contribution in [3.63, 3.8) is 0 Å². The average molecular weight is 352 g/mol. The second-order valence-corrected chi connectivity index (χ2v) is 6.45. The maximum Gasteiger partial charge on any atom is 0.191 e. The molecule has 0 saturated heterocycles. The van der Waals surface area contributed by atoms with Gasteiger partial charge in [-0.25, -0.2) is 0 Å². The molecule has 2 heterocycles. The largest absolute Gasteiger partial charge is 0.497 e. The summed E-state index contributed by atoms with van der Waals surface area (Å²) in [5.74, 6) is 2.65. The van der Waals surface area contributed by atoms with Crippen LogP contribution in [0.15, 0.2) is 66.6 Å². The van der Waals surface area contributed by atoms with Gasteiger partial charge in [0.15, 0.2) is 11.0 Å². The molecular formula is C19H20N4OS. The van der Waals surface area contributed by atoms with Gasteiger partial charge in [-0.2, -0.15) is 0 Å². The van der Waals surface area contributed by atoms with Crippen molar-refractivity contribution in [1.82, 2.24) is 19.7 Å². The summed E-state index contributed by atoms with van der Waals surface area (Å²) in [4.78, 5) is 4.06. The first-order chi connectivity index (χ1) is 12.3. The molecule has 0 aliphatic heterocycles. The van der Waals surface area contributed by atoms with E-state index in [1.807, 2.05) is 30.3 Å². The Morgan fingerprint density at radius 1 is 1.12 bits per heavy atom. The molecule has 0 unspecified atom stereocenters. The van der Waals surface area contributed by atoms with Crippen molar-refractivity contribution in [3.8, 4) is 17.1 Å². The van der Waals surface area contributed by atoms with Crippen LogP contribution in [0.3, 0.4) is 0 Å². The van der Waals surface area contributed by atoms with E-state index in [1.165, 1.54) is 5.56 Å². The minimum absolute atomic E-state index is 0.676. The molecule has 0 aliphatic rings. The molecular weight excluding hydrogens is 332 g/mol. The van der Waals surface area contributed by atoms with Crippen LogP contribution in [0.25, 0.3) is 11.4 Å². The molecule has 6 heteroatoms. The summed E-state index contributed by atoms with van der Waals surface area (Å²) in [5, 5.41) is 9.61. The minimum atomic E-state index is 0.676. The molecule has 3 rings (SSSR count). The summed E-state index contributed by atoms with van der Waals surface area (Å²) in [6.45, 7) is 4.52. The highest BCUT2D eigenvalue weighted by Crippen LogP contribution is 2.24. The van der Waals surface area contributed by atoms with Crippen LogP contribution in [0.4, 0.5) is 0 Å². The highest BCUT2D eigenvalue weighted by atomic mass is 32.2. The Morgan fingerprint density at radius 2 is 1.88 bits per heavy atom. The fraction of sp³-hybridized carbons (Fsp3) is 0.211. The number of aryl methyl sites for hydroxylation is 1. The Morgan fingerprint density at radius 3 is 2.56 bits per heavy atom. The third kappa shape index (κ3) is 4.28. The van der Waals surface area contributed by atoms with Crippen LogP contribution in [0.2, 0.25) is 0 Å². The van der Waals surface area contributed by atoms with Crippen molar-refractivity contribution in [2.45, 2.75) is 18.1 Å². The highest BCUT2D eigenvalue weighted by molar-refractivity contribution is 7.99. The third-order valence-electron chi connectivity index (χ3n) is 3.75. The first-order valence-corrected chi connectivity index (χ1v) is 9.00. The number of nitrogens with zero attached hydrogens (tertiary/aromatic N) is 4. The van der Waals surface area contributed by atoms with Crippen LogP contribution in [0, 0.1) is 0 Å². The first kappa shape index (κ1) is 17.2. The maximum absolute atomic E-state index is 5.19. The van der Waals surface area contributed by atoms with Gasteiger partial charge in [-0.1, -0.05) is 30.0 Å². The Labute approximate surface area is 151 Å². The number of hydrogen-bond donors (Lipinski definition) is 0. The Hall–Kier alpha value is -2.60. The lowest BCUT2D eigenvalue weighted by atomic mass is 10.2. The monoisotopic (exact) mass is 352 g/mol. The van der Waals surface area contributed by atoms with Gasteiger partial charge in [0.05, 0.1) is 7.11 Å². The van der Waals surface area contributed by atoms with Crippen molar-refractivity contribution in [1.29, 1.82) is 0 Å². The number of ether oxygens (including phenoxy) is 1. The van der Waals surface area contributed by atoms with E-state index in [-0.39, 0.29) is 0 Å². The number of rotatable bonds is 8. The van der Waals surface area contributed by atoms with Crippen molar-refractivity contribution in [3.05, 3.63) is 67.0 Å². The van der Waals surface area contributed by atoms with Crippen molar-refractivity contribution in [2.24, 2.45) is 0 Å². The summed E-state index contributed by atoms with van der Waals surface area (Å²) in [7, 11) is 1.68. The molecule has 25 heavy (non-hydrogen) atoms. The summed E-state index contributed by atoms with van der Waals surface area (Å²) in [5.41, 5.74) is 2.28. The molecule has 0 radical (unpaired) electrons. The molecule has 2 aromatic heterocycles. The van der Waals surface area contributed by atoms with Crippen LogP contribution in [0.1, 0.15) is 5.56 Å². The molecule has 3 aromatic rings. The molecule has 0 aliphatic carbocycles. The molecule has 5 nitrogen and oxygen atoms in total.